The van der Waals surface area contributed by atoms with Crippen molar-refractivity contribution in [3.8, 4) is 22.3 Å². The average molecular weight is 1150 g/mol. The molecule has 84 heavy (non-hydrogen) atoms. The lowest BCUT2D eigenvalue weighted by Gasteiger charge is -2.44. The highest BCUT2D eigenvalue weighted by Crippen LogP contribution is 2.43. The number of carbonyl (C=O) groups excluding carboxylic acids is 2. The van der Waals surface area contributed by atoms with Crippen molar-refractivity contribution in [2.45, 2.75) is 160 Å². The Labute approximate surface area is 501 Å². The van der Waals surface area contributed by atoms with Crippen molar-refractivity contribution >= 4 is 42.1 Å². The van der Waals surface area contributed by atoms with Gasteiger partial charge in [0.25, 0.3) is 0 Å². The van der Waals surface area contributed by atoms with Gasteiger partial charge in [-0.3, -0.25) is 9.59 Å². The summed E-state index contributed by atoms with van der Waals surface area (Å²) in [6.45, 7) is 23.0. The Bertz CT molecular complexity index is 3320. The van der Waals surface area contributed by atoms with E-state index in [1.54, 1.807) is 14.2 Å². The van der Waals surface area contributed by atoms with Crippen molar-refractivity contribution in [1.29, 1.82) is 0 Å². The molecule has 0 saturated carbocycles. The summed E-state index contributed by atoms with van der Waals surface area (Å²) >= 11 is 0. The van der Waals surface area contributed by atoms with E-state index in [9.17, 15) is 9.59 Å². The molecule has 3 N–H and O–H groups in total. The summed E-state index contributed by atoms with van der Waals surface area (Å²) in [6.07, 6.45) is 17.2. The van der Waals surface area contributed by atoms with Gasteiger partial charge in [0.15, 0.2) is 8.24 Å². The van der Waals surface area contributed by atoms with E-state index in [4.69, 9.17) is 25.2 Å². The standard InChI is InChI=1S/C40H58N4O2Si.C30H37N5O2/c1-29(2)47(30(3)4,31(5)6)43-23-20-35(28-43)34-18-16-33(17-19-34)25-32(7)26-39(45)42-21-11-13-36(27-42)40-41-37-14-9-10-15-38(37)44(40)22-12-24-46-8;1-37-17-5-16-35-28-8-3-2-7-27(28)33-30(35)25-6-4-15-34(21-25)29(36)19-26(31)18-22-9-11-23(12-10-22)24-13-14-32-20-24/h9-10,14-20,23,28-32,36H,11-13,21-22,24-27H2,1-8H3;2-3,7-14,20,25-26,32H,4-6,15-19,21,31H2,1H3/t32-,36-;25-,26-/m11/s1. The third-order valence-corrected chi connectivity index (χ3v) is 25.0. The molecule has 0 unspecified atom stereocenters. The Morgan fingerprint density at radius 2 is 1.10 bits per heavy atom. The minimum Gasteiger partial charge on any atom is -0.385 e. The number of methoxy groups -OCH3 is 2. The fraction of sp³-hybridized carbons (Fsp3) is 0.486. The van der Waals surface area contributed by atoms with Crippen molar-refractivity contribution < 1.29 is 19.1 Å². The van der Waals surface area contributed by atoms with Gasteiger partial charge in [-0.25, -0.2) is 9.97 Å². The van der Waals surface area contributed by atoms with Gasteiger partial charge in [0.2, 0.25) is 11.8 Å². The lowest BCUT2D eigenvalue weighted by molar-refractivity contribution is -0.133. The average Bonchev–Trinajstić information content (AvgIpc) is 3.36. The number of benzene rings is 4. The zero-order chi connectivity index (χ0) is 59.3. The number of hydrogen-bond donors (Lipinski definition) is 2. The van der Waals surface area contributed by atoms with E-state index in [1.807, 2.05) is 23.4 Å². The molecule has 2 fully saturated rings. The molecule has 4 aromatic carbocycles. The van der Waals surface area contributed by atoms with Gasteiger partial charge in [-0.05, 0) is 150 Å². The number of ether oxygens (including phenoxy) is 2. The number of piperidine rings is 2. The number of aryl methyl sites for hydroxylation is 2. The van der Waals surface area contributed by atoms with Crippen LogP contribution in [0.4, 0.5) is 0 Å². The zero-order valence-corrected chi connectivity index (χ0v) is 52.8. The molecular formula is C70H95N9O4Si. The van der Waals surface area contributed by atoms with E-state index in [1.165, 1.54) is 27.8 Å². The van der Waals surface area contributed by atoms with Crippen molar-refractivity contribution in [2.24, 2.45) is 11.7 Å². The van der Waals surface area contributed by atoms with Gasteiger partial charge in [0, 0.05) is 116 Å². The Hall–Kier alpha value is -6.58. The minimum atomic E-state index is -1.75. The smallest absolute Gasteiger partial charge is 0.224 e. The second-order valence-corrected chi connectivity index (χ2v) is 30.9. The molecule has 0 bridgehead atoms. The van der Waals surface area contributed by atoms with Crippen LogP contribution in [-0.2, 0) is 45.0 Å². The summed E-state index contributed by atoms with van der Waals surface area (Å²) in [5.74, 6) is 3.39. The number of hydrogen-bond acceptors (Lipinski definition) is 7. The number of carbonyl (C=O) groups is 2. The first-order chi connectivity index (χ1) is 40.7. The molecule has 2 aliphatic heterocycles. The predicted molar refractivity (Wildman–Crippen MR) is 346 cm³/mol. The van der Waals surface area contributed by atoms with Crippen molar-refractivity contribution in [3.63, 3.8) is 0 Å². The third kappa shape index (κ3) is 14.6. The first-order valence-electron chi connectivity index (χ1n) is 31.4. The van der Waals surface area contributed by atoms with E-state index >= 15 is 0 Å². The molecule has 13 nitrogen and oxygen atoms in total. The molecule has 14 heteroatoms. The molecule has 448 valence electrons. The zero-order valence-electron chi connectivity index (χ0n) is 51.8. The van der Waals surface area contributed by atoms with E-state index < -0.39 is 8.24 Å². The second-order valence-electron chi connectivity index (χ2n) is 25.1. The number of fused-ring (bicyclic) bond motifs is 2. The van der Waals surface area contributed by atoms with Crippen LogP contribution in [0.5, 0.6) is 0 Å². The highest BCUT2D eigenvalue weighted by Gasteiger charge is 2.45. The van der Waals surface area contributed by atoms with Crippen LogP contribution in [0.1, 0.15) is 134 Å². The summed E-state index contributed by atoms with van der Waals surface area (Å²) in [5.41, 5.74) is 20.2. The van der Waals surface area contributed by atoms with E-state index in [2.05, 4.69) is 187 Å². The number of nitrogens with two attached hydrogens (primary N) is 1. The number of nitrogens with one attached hydrogen (secondary N) is 1. The molecule has 8 aromatic rings. The van der Waals surface area contributed by atoms with Crippen LogP contribution in [-0.4, -0.2) is 118 Å². The normalized spacial score (nSPS) is 16.7. The van der Waals surface area contributed by atoms with Gasteiger partial charge in [0.1, 0.15) is 11.6 Å². The summed E-state index contributed by atoms with van der Waals surface area (Å²) in [4.78, 5) is 44.1. The molecule has 0 radical (unpaired) electrons. The van der Waals surface area contributed by atoms with Gasteiger partial charge in [-0.2, -0.15) is 0 Å². The van der Waals surface area contributed by atoms with E-state index in [0.29, 0.717) is 49.0 Å². The lowest BCUT2D eigenvalue weighted by atomic mass is 9.94. The van der Waals surface area contributed by atoms with Crippen LogP contribution in [0.2, 0.25) is 16.6 Å². The van der Waals surface area contributed by atoms with Crippen LogP contribution in [0.15, 0.2) is 134 Å². The Kier molecular flexibility index (Phi) is 21.4. The van der Waals surface area contributed by atoms with Crippen LogP contribution in [0, 0.1) is 5.92 Å². The van der Waals surface area contributed by atoms with Crippen LogP contribution >= 0.6 is 0 Å². The first kappa shape index (κ1) is 62.0. The second kappa shape index (κ2) is 29.0. The first-order valence-corrected chi connectivity index (χ1v) is 33.5. The SMILES string of the molecule is COCCCn1c([C@@H]2CCCN(C(=O)C[C@H](C)Cc3ccc(-c4ccn([Si](C(C)C)(C(C)C)C(C)C)c4)cc3)C2)nc2ccccc21.COCCCn1c([C@@H]2CCCN(C(=O)C[C@H](N)Cc3ccc(-c4cc[nH]c4)cc3)C2)nc2ccccc21. The molecule has 0 aliphatic carbocycles. The molecule has 2 aliphatic rings. The highest BCUT2D eigenvalue weighted by atomic mass is 28.3. The fourth-order valence-corrected chi connectivity index (χ4v) is 20.8. The van der Waals surface area contributed by atoms with Gasteiger partial charge >= 0.3 is 0 Å². The van der Waals surface area contributed by atoms with Crippen LogP contribution < -0.4 is 5.73 Å². The predicted octanol–water partition coefficient (Wildman–Crippen LogP) is 14.3. The molecule has 6 heterocycles. The molecule has 2 amide bonds. The number of nitrogens with zero attached hydrogens (tertiary/aromatic N) is 7. The van der Waals surface area contributed by atoms with Crippen molar-refractivity contribution in [1.82, 2.24) is 38.1 Å². The lowest BCUT2D eigenvalue weighted by Crippen LogP contribution is -2.51. The number of rotatable bonds is 24. The maximum atomic E-state index is 13.6. The topological polar surface area (TPSA) is 141 Å². The largest absolute Gasteiger partial charge is 0.385 e. The summed E-state index contributed by atoms with van der Waals surface area (Å²) in [6, 6.07) is 38.3. The van der Waals surface area contributed by atoms with Gasteiger partial charge < -0.3 is 43.4 Å². The maximum absolute atomic E-state index is 13.6. The highest BCUT2D eigenvalue weighted by molar-refractivity contribution is 6.82. The number of para-hydroxylation sites is 4. The van der Waals surface area contributed by atoms with Crippen LogP contribution in [0.3, 0.4) is 0 Å². The van der Waals surface area contributed by atoms with Gasteiger partial charge in [-0.1, -0.05) is 121 Å². The maximum Gasteiger partial charge on any atom is 0.224 e. The number of likely N-dealkylation sites (tertiary alicyclic amines) is 2. The minimum absolute atomic E-state index is 0.142. The van der Waals surface area contributed by atoms with Gasteiger partial charge in [-0.15, -0.1) is 0 Å². The van der Waals surface area contributed by atoms with E-state index in [-0.39, 0.29) is 35.6 Å². The third-order valence-electron chi connectivity index (χ3n) is 18.2. The van der Waals surface area contributed by atoms with Crippen molar-refractivity contribution in [2.75, 3.05) is 53.6 Å². The number of aromatic amines is 1. The van der Waals surface area contributed by atoms with Gasteiger partial charge in [0.05, 0.1) is 22.1 Å². The molecule has 4 aromatic heterocycles. The van der Waals surface area contributed by atoms with E-state index in [0.717, 1.165) is 124 Å². The van der Waals surface area contributed by atoms with Crippen LogP contribution in [0.25, 0.3) is 44.3 Å². The summed E-state index contributed by atoms with van der Waals surface area (Å²) in [5, 5.41) is 0. The fourth-order valence-electron chi connectivity index (χ4n) is 14.3. The number of H-pyrrole nitrogens is 1. The molecular weight excluding hydrogens is 1060 g/mol. The van der Waals surface area contributed by atoms with Crippen molar-refractivity contribution in [3.05, 3.63) is 157 Å². The number of imidazole rings is 2. The number of amides is 2. The Balaban J connectivity index is 0.000000207. The molecule has 10 rings (SSSR count). The Morgan fingerprint density at radius 1 is 0.607 bits per heavy atom. The monoisotopic (exact) mass is 1150 g/mol. The number of aromatic nitrogens is 6. The summed E-state index contributed by atoms with van der Waals surface area (Å²) < 4.78 is 17.9. The quantitative estimate of drug-likeness (QED) is 0.0453. The molecule has 2 saturated heterocycles. The molecule has 4 atom stereocenters. The Morgan fingerprint density at radius 3 is 1.58 bits per heavy atom. The summed E-state index contributed by atoms with van der Waals surface area (Å²) in [7, 11) is 1.74. The molecule has 0 spiro atoms.